The molecule has 16 heavy (non-hydrogen) atoms. The highest BCUT2D eigenvalue weighted by Gasteiger charge is 2.21. The third-order valence-electron chi connectivity index (χ3n) is 2.95. The normalized spacial score (nSPS) is 24.4. The monoisotopic (exact) mass is 236 g/mol. The first-order valence-electron chi connectivity index (χ1n) is 5.80. The molecule has 0 radical (unpaired) electrons. The number of benzene rings is 1. The van der Waals surface area contributed by atoms with Gasteiger partial charge in [-0.05, 0) is 30.7 Å². The summed E-state index contributed by atoms with van der Waals surface area (Å²) in [6.07, 6.45) is 1.28. The van der Waals surface area contributed by atoms with Gasteiger partial charge in [0.15, 0.2) is 0 Å². The van der Waals surface area contributed by atoms with Crippen molar-refractivity contribution in [1.29, 1.82) is 0 Å². The quantitative estimate of drug-likeness (QED) is 0.868. The van der Waals surface area contributed by atoms with Crippen LogP contribution in [0.25, 0.3) is 0 Å². The van der Waals surface area contributed by atoms with Crippen LogP contribution in [0.15, 0.2) is 24.3 Å². The molecule has 1 heterocycles. The van der Waals surface area contributed by atoms with E-state index in [1.807, 2.05) is 0 Å². The van der Waals surface area contributed by atoms with Crippen LogP contribution in [0.3, 0.4) is 0 Å². The molecule has 1 aromatic rings. The zero-order valence-corrected chi connectivity index (χ0v) is 11.1. The van der Waals surface area contributed by atoms with Gasteiger partial charge in [0, 0.05) is 42.5 Å². The standard InChI is InChI=1S/C13H20N2S/c1-10-8-12(9-16-10)14-11-4-6-13(7-5-11)15(2)3/h4-7,10,12,14H,8-9H2,1-3H3. The second kappa shape index (κ2) is 5.00. The zero-order valence-electron chi connectivity index (χ0n) is 10.2. The molecule has 1 aromatic carbocycles. The molecule has 1 aliphatic heterocycles. The maximum absolute atomic E-state index is 3.60. The van der Waals surface area contributed by atoms with E-state index < -0.39 is 0 Å². The molecule has 1 N–H and O–H groups in total. The number of anilines is 2. The fraction of sp³-hybridized carbons (Fsp3) is 0.538. The predicted molar refractivity (Wildman–Crippen MR) is 74.7 cm³/mol. The van der Waals surface area contributed by atoms with Crippen molar-refractivity contribution in [2.75, 3.05) is 30.1 Å². The fourth-order valence-electron chi connectivity index (χ4n) is 2.01. The molecule has 0 saturated carbocycles. The van der Waals surface area contributed by atoms with Crippen molar-refractivity contribution in [2.45, 2.75) is 24.6 Å². The lowest BCUT2D eigenvalue weighted by molar-refractivity contribution is 0.747. The topological polar surface area (TPSA) is 15.3 Å². The number of nitrogens with zero attached hydrogens (tertiary/aromatic N) is 1. The van der Waals surface area contributed by atoms with Gasteiger partial charge in [0.1, 0.15) is 0 Å². The highest BCUT2D eigenvalue weighted by molar-refractivity contribution is 8.00. The van der Waals surface area contributed by atoms with Crippen LogP contribution in [0.2, 0.25) is 0 Å². The Bertz CT molecular complexity index is 334. The summed E-state index contributed by atoms with van der Waals surface area (Å²) in [6, 6.07) is 9.30. The first-order chi connectivity index (χ1) is 7.65. The van der Waals surface area contributed by atoms with E-state index in [1.165, 1.54) is 23.5 Å². The summed E-state index contributed by atoms with van der Waals surface area (Å²) in [5.74, 6) is 1.23. The van der Waals surface area contributed by atoms with Gasteiger partial charge in [-0.1, -0.05) is 6.92 Å². The fourth-order valence-corrected chi connectivity index (χ4v) is 3.16. The van der Waals surface area contributed by atoms with E-state index in [0.29, 0.717) is 6.04 Å². The minimum atomic E-state index is 0.644. The number of rotatable bonds is 3. The lowest BCUT2D eigenvalue weighted by atomic mass is 10.2. The summed E-state index contributed by atoms with van der Waals surface area (Å²) >= 11 is 2.06. The van der Waals surface area contributed by atoms with Crippen LogP contribution in [0, 0.1) is 0 Å². The maximum atomic E-state index is 3.60. The number of hydrogen-bond acceptors (Lipinski definition) is 3. The number of nitrogens with one attached hydrogen (secondary N) is 1. The smallest absolute Gasteiger partial charge is 0.0362 e. The molecule has 2 atom stereocenters. The van der Waals surface area contributed by atoms with Crippen molar-refractivity contribution in [2.24, 2.45) is 0 Å². The average molecular weight is 236 g/mol. The molecular weight excluding hydrogens is 216 g/mol. The van der Waals surface area contributed by atoms with Crippen molar-refractivity contribution in [1.82, 2.24) is 0 Å². The molecule has 0 aliphatic carbocycles. The molecule has 0 bridgehead atoms. The van der Waals surface area contributed by atoms with Crippen molar-refractivity contribution < 1.29 is 0 Å². The van der Waals surface area contributed by atoms with E-state index >= 15 is 0 Å². The minimum absolute atomic E-state index is 0.644. The second-order valence-electron chi connectivity index (χ2n) is 4.66. The summed E-state index contributed by atoms with van der Waals surface area (Å²) < 4.78 is 0. The van der Waals surface area contributed by atoms with Gasteiger partial charge in [0.25, 0.3) is 0 Å². The van der Waals surface area contributed by atoms with Crippen molar-refractivity contribution in [3.63, 3.8) is 0 Å². The highest BCUT2D eigenvalue weighted by Crippen LogP contribution is 2.28. The second-order valence-corrected chi connectivity index (χ2v) is 6.13. The maximum Gasteiger partial charge on any atom is 0.0362 e. The van der Waals surface area contributed by atoms with Gasteiger partial charge in [-0.25, -0.2) is 0 Å². The minimum Gasteiger partial charge on any atom is -0.381 e. The van der Waals surface area contributed by atoms with Gasteiger partial charge in [0.2, 0.25) is 0 Å². The van der Waals surface area contributed by atoms with Crippen LogP contribution < -0.4 is 10.2 Å². The van der Waals surface area contributed by atoms with Crippen LogP contribution in [-0.2, 0) is 0 Å². The molecule has 0 aromatic heterocycles. The molecule has 0 amide bonds. The third kappa shape index (κ3) is 2.85. The van der Waals surface area contributed by atoms with Crippen LogP contribution >= 0.6 is 11.8 Å². The molecular formula is C13H20N2S. The number of thioether (sulfide) groups is 1. The Balaban J connectivity index is 1.95. The lowest BCUT2D eigenvalue weighted by Gasteiger charge is -2.16. The Morgan fingerprint density at radius 3 is 2.44 bits per heavy atom. The summed E-state index contributed by atoms with van der Waals surface area (Å²) in [5.41, 5.74) is 2.49. The molecule has 2 nitrogen and oxygen atoms in total. The van der Waals surface area contributed by atoms with Gasteiger partial charge in [-0.15, -0.1) is 0 Å². The SMILES string of the molecule is CC1CC(Nc2ccc(N(C)C)cc2)CS1. The van der Waals surface area contributed by atoms with Crippen LogP contribution in [0.5, 0.6) is 0 Å². The first-order valence-corrected chi connectivity index (χ1v) is 6.85. The van der Waals surface area contributed by atoms with Crippen molar-refractivity contribution >= 4 is 23.1 Å². The van der Waals surface area contributed by atoms with E-state index in [0.717, 1.165) is 5.25 Å². The van der Waals surface area contributed by atoms with Crippen LogP contribution in [0.1, 0.15) is 13.3 Å². The largest absolute Gasteiger partial charge is 0.381 e. The Hall–Kier alpha value is -0.830. The van der Waals surface area contributed by atoms with Gasteiger partial charge in [0.05, 0.1) is 0 Å². The molecule has 1 aliphatic rings. The van der Waals surface area contributed by atoms with Crippen molar-refractivity contribution in [3.05, 3.63) is 24.3 Å². The molecule has 3 heteroatoms. The summed E-state index contributed by atoms with van der Waals surface area (Å²) in [7, 11) is 4.13. The van der Waals surface area contributed by atoms with Gasteiger partial charge in [-0.3, -0.25) is 0 Å². The van der Waals surface area contributed by atoms with E-state index in [-0.39, 0.29) is 0 Å². The van der Waals surface area contributed by atoms with Gasteiger partial charge >= 0.3 is 0 Å². The number of hydrogen-bond donors (Lipinski definition) is 1. The molecule has 1 fully saturated rings. The van der Waals surface area contributed by atoms with Crippen LogP contribution in [0.4, 0.5) is 11.4 Å². The Labute approximate surface area is 102 Å². The molecule has 88 valence electrons. The summed E-state index contributed by atoms with van der Waals surface area (Å²) in [6.45, 7) is 2.31. The van der Waals surface area contributed by atoms with Crippen LogP contribution in [-0.4, -0.2) is 31.1 Å². The molecule has 1 saturated heterocycles. The summed E-state index contributed by atoms with van der Waals surface area (Å²) in [5, 5.41) is 4.40. The Morgan fingerprint density at radius 1 is 1.25 bits per heavy atom. The van der Waals surface area contributed by atoms with E-state index in [4.69, 9.17) is 0 Å². The van der Waals surface area contributed by atoms with E-state index in [1.54, 1.807) is 0 Å². The third-order valence-corrected chi connectivity index (χ3v) is 4.31. The molecule has 2 unspecified atom stereocenters. The van der Waals surface area contributed by atoms with Crippen molar-refractivity contribution in [3.8, 4) is 0 Å². The molecule has 2 rings (SSSR count). The van der Waals surface area contributed by atoms with E-state index in [2.05, 4.69) is 67.3 Å². The van der Waals surface area contributed by atoms with E-state index in [9.17, 15) is 0 Å². The average Bonchev–Trinajstić information content (AvgIpc) is 2.65. The first kappa shape index (κ1) is 11.6. The Morgan fingerprint density at radius 2 is 1.94 bits per heavy atom. The molecule has 0 spiro atoms. The predicted octanol–water partition coefficient (Wildman–Crippen LogP) is 3.06. The van der Waals surface area contributed by atoms with Gasteiger partial charge < -0.3 is 10.2 Å². The zero-order chi connectivity index (χ0) is 11.5. The van der Waals surface area contributed by atoms with Gasteiger partial charge in [-0.2, -0.15) is 11.8 Å². The lowest BCUT2D eigenvalue weighted by Crippen LogP contribution is -2.18. The highest BCUT2D eigenvalue weighted by atomic mass is 32.2. The summed E-state index contributed by atoms with van der Waals surface area (Å²) in [4.78, 5) is 2.12. The Kier molecular flexibility index (Phi) is 3.64.